The van der Waals surface area contributed by atoms with E-state index in [2.05, 4.69) is 5.32 Å². The van der Waals surface area contributed by atoms with Gasteiger partial charge in [-0.2, -0.15) is 0 Å². The third kappa shape index (κ3) is 4.36. The summed E-state index contributed by atoms with van der Waals surface area (Å²) in [6, 6.07) is 4.93. The maximum absolute atomic E-state index is 11.6. The number of rotatable bonds is 3. The van der Waals surface area contributed by atoms with Gasteiger partial charge in [-0.05, 0) is 31.0 Å². The molecule has 6 heteroatoms. The first-order valence-corrected chi connectivity index (χ1v) is 8.98. The van der Waals surface area contributed by atoms with Gasteiger partial charge in [0.25, 0.3) is 0 Å². The van der Waals surface area contributed by atoms with Crippen LogP contribution in [0.15, 0.2) is 23.1 Å². The van der Waals surface area contributed by atoms with E-state index in [1.807, 2.05) is 0 Å². The molecule has 1 aromatic carbocycles. The first kappa shape index (κ1) is 15.6. The van der Waals surface area contributed by atoms with E-state index in [1.165, 1.54) is 38.2 Å². The first-order chi connectivity index (χ1) is 9.47. The smallest absolute Gasteiger partial charge is 0.240 e. The van der Waals surface area contributed by atoms with Crippen molar-refractivity contribution in [3.05, 3.63) is 23.2 Å². The zero-order valence-corrected chi connectivity index (χ0v) is 13.0. The summed E-state index contributed by atoms with van der Waals surface area (Å²) in [5.74, 6) is 0. The minimum absolute atomic E-state index is 0.115. The van der Waals surface area contributed by atoms with Gasteiger partial charge in [-0.3, -0.25) is 0 Å². The van der Waals surface area contributed by atoms with Crippen molar-refractivity contribution in [2.24, 2.45) is 5.14 Å². The molecule has 1 aliphatic carbocycles. The Morgan fingerprint density at radius 1 is 1.10 bits per heavy atom. The minimum atomic E-state index is -3.74. The SMILES string of the molecule is NS(=O)(=O)c1ccc(Cl)cc1NC1CCCCCCC1. The molecule has 0 atom stereocenters. The van der Waals surface area contributed by atoms with Crippen molar-refractivity contribution in [3.8, 4) is 0 Å². The highest BCUT2D eigenvalue weighted by Crippen LogP contribution is 2.27. The van der Waals surface area contributed by atoms with Crippen molar-refractivity contribution >= 4 is 27.3 Å². The Hall–Kier alpha value is -0.780. The monoisotopic (exact) mass is 316 g/mol. The average molecular weight is 317 g/mol. The Balaban J connectivity index is 2.20. The van der Waals surface area contributed by atoms with E-state index < -0.39 is 10.0 Å². The van der Waals surface area contributed by atoms with Crippen molar-refractivity contribution in [1.29, 1.82) is 0 Å². The van der Waals surface area contributed by atoms with Gasteiger partial charge < -0.3 is 5.32 Å². The third-order valence-electron chi connectivity index (χ3n) is 3.71. The molecule has 0 aromatic heterocycles. The number of hydrogen-bond acceptors (Lipinski definition) is 3. The summed E-state index contributed by atoms with van der Waals surface area (Å²) in [5.41, 5.74) is 0.519. The fraction of sp³-hybridized carbons (Fsp3) is 0.571. The number of hydrogen-bond donors (Lipinski definition) is 2. The van der Waals surface area contributed by atoms with Gasteiger partial charge in [0.1, 0.15) is 4.90 Å². The van der Waals surface area contributed by atoms with Crippen LogP contribution in [-0.4, -0.2) is 14.5 Å². The number of sulfonamides is 1. The summed E-state index contributed by atoms with van der Waals surface area (Å²) in [7, 11) is -3.74. The molecule has 4 nitrogen and oxygen atoms in total. The molecule has 0 unspecified atom stereocenters. The second kappa shape index (κ2) is 6.78. The molecule has 0 radical (unpaired) electrons. The molecule has 1 fully saturated rings. The van der Waals surface area contributed by atoms with Gasteiger partial charge in [0.2, 0.25) is 10.0 Å². The van der Waals surface area contributed by atoms with E-state index in [4.69, 9.17) is 16.7 Å². The Morgan fingerprint density at radius 2 is 1.70 bits per heavy atom. The predicted octanol–water partition coefficient (Wildman–Crippen LogP) is 3.51. The number of nitrogens with one attached hydrogen (secondary N) is 1. The zero-order valence-electron chi connectivity index (χ0n) is 11.4. The molecule has 0 saturated heterocycles. The molecular weight excluding hydrogens is 296 g/mol. The molecule has 1 aromatic rings. The van der Waals surface area contributed by atoms with Crippen LogP contribution >= 0.6 is 11.6 Å². The number of anilines is 1. The molecule has 0 amide bonds. The number of benzene rings is 1. The Kier molecular flexibility index (Phi) is 5.29. The fourth-order valence-corrected chi connectivity index (χ4v) is 3.54. The van der Waals surface area contributed by atoms with E-state index in [0.717, 1.165) is 12.8 Å². The van der Waals surface area contributed by atoms with Crippen LogP contribution in [0.2, 0.25) is 5.02 Å². The molecule has 2 rings (SSSR count). The topological polar surface area (TPSA) is 72.2 Å². The van der Waals surface area contributed by atoms with E-state index in [0.29, 0.717) is 10.7 Å². The quantitative estimate of drug-likeness (QED) is 0.896. The normalized spacial score (nSPS) is 18.3. The summed E-state index contributed by atoms with van der Waals surface area (Å²) >= 11 is 5.97. The molecule has 0 heterocycles. The van der Waals surface area contributed by atoms with Crippen molar-refractivity contribution in [2.75, 3.05) is 5.32 Å². The maximum Gasteiger partial charge on any atom is 0.240 e. The molecule has 0 aliphatic heterocycles. The standard InChI is InChI=1S/C14H21ClN2O2S/c15-11-8-9-14(20(16,18)19)13(10-11)17-12-6-4-2-1-3-5-7-12/h8-10,12,17H,1-7H2,(H2,16,18,19). The van der Waals surface area contributed by atoms with Crippen molar-refractivity contribution in [1.82, 2.24) is 0 Å². The van der Waals surface area contributed by atoms with Crippen LogP contribution in [0.5, 0.6) is 0 Å². The van der Waals surface area contributed by atoms with Gasteiger partial charge >= 0.3 is 0 Å². The summed E-state index contributed by atoms with van der Waals surface area (Å²) in [6.07, 6.45) is 8.23. The van der Waals surface area contributed by atoms with Crippen LogP contribution < -0.4 is 10.5 Å². The zero-order chi connectivity index (χ0) is 14.6. The van der Waals surface area contributed by atoms with Gasteiger partial charge in [0.15, 0.2) is 0 Å². The largest absolute Gasteiger partial charge is 0.381 e. The molecular formula is C14H21ClN2O2S. The molecule has 3 N–H and O–H groups in total. The average Bonchev–Trinajstić information content (AvgIpc) is 2.31. The van der Waals surface area contributed by atoms with Crippen LogP contribution in [-0.2, 0) is 10.0 Å². The third-order valence-corrected chi connectivity index (χ3v) is 4.92. The second-order valence-electron chi connectivity index (χ2n) is 5.37. The Bertz CT molecular complexity index is 552. The fourth-order valence-electron chi connectivity index (χ4n) is 2.68. The maximum atomic E-state index is 11.6. The Morgan fingerprint density at radius 3 is 2.30 bits per heavy atom. The van der Waals surface area contributed by atoms with Crippen molar-refractivity contribution in [3.63, 3.8) is 0 Å². The van der Waals surface area contributed by atoms with E-state index in [1.54, 1.807) is 12.1 Å². The molecule has 1 saturated carbocycles. The van der Waals surface area contributed by atoms with Gasteiger partial charge in [-0.1, -0.05) is 43.7 Å². The van der Waals surface area contributed by atoms with Crippen LogP contribution in [0.4, 0.5) is 5.69 Å². The van der Waals surface area contributed by atoms with Gasteiger partial charge in [0.05, 0.1) is 5.69 Å². The minimum Gasteiger partial charge on any atom is -0.381 e. The lowest BCUT2D eigenvalue weighted by atomic mass is 9.96. The molecule has 1 aliphatic rings. The van der Waals surface area contributed by atoms with E-state index in [-0.39, 0.29) is 10.9 Å². The predicted molar refractivity (Wildman–Crippen MR) is 82.6 cm³/mol. The summed E-state index contributed by atoms with van der Waals surface area (Å²) < 4.78 is 23.2. The second-order valence-corrected chi connectivity index (χ2v) is 7.34. The lowest BCUT2D eigenvalue weighted by Crippen LogP contribution is -2.23. The molecule has 20 heavy (non-hydrogen) atoms. The summed E-state index contributed by atoms with van der Waals surface area (Å²) in [5, 5.41) is 9.08. The molecule has 0 bridgehead atoms. The summed E-state index contributed by atoms with van der Waals surface area (Å²) in [6.45, 7) is 0. The van der Waals surface area contributed by atoms with E-state index in [9.17, 15) is 8.42 Å². The first-order valence-electron chi connectivity index (χ1n) is 7.06. The lowest BCUT2D eigenvalue weighted by Gasteiger charge is -2.23. The van der Waals surface area contributed by atoms with Crippen LogP contribution in [0.25, 0.3) is 0 Å². The number of halogens is 1. The van der Waals surface area contributed by atoms with Gasteiger partial charge in [0, 0.05) is 11.1 Å². The van der Waals surface area contributed by atoms with Gasteiger partial charge in [-0.15, -0.1) is 0 Å². The summed E-state index contributed by atoms with van der Waals surface area (Å²) in [4.78, 5) is 0.115. The molecule has 0 spiro atoms. The lowest BCUT2D eigenvalue weighted by molar-refractivity contribution is 0.471. The van der Waals surface area contributed by atoms with Crippen LogP contribution in [0.1, 0.15) is 44.9 Å². The highest BCUT2D eigenvalue weighted by Gasteiger charge is 2.18. The highest BCUT2D eigenvalue weighted by molar-refractivity contribution is 7.89. The van der Waals surface area contributed by atoms with Gasteiger partial charge in [-0.25, -0.2) is 13.6 Å². The molecule has 112 valence electrons. The van der Waals surface area contributed by atoms with Crippen molar-refractivity contribution in [2.45, 2.75) is 55.9 Å². The Labute approximate surface area is 125 Å². The highest BCUT2D eigenvalue weighted by atomic mass is 35.5. The van der Waals surface area contributed by atoms with Crippen molar-refractivity contribution < 1.29 is 8.42 Å². The number of primary sulfonamides is 1. The number of nitrogens with two attached hydrogens (primary N) is 1. The van der Waals surface area contributed by atoms with Crippen LogP contribution in [0, 0.1) is 0 Å². The van der Waals surface area contributed by atoms with E-state index >= 15 is 0 Å². The van der Waals surface area contributed by atoms with Crippen LogP contribution in [0.3, 0.4) is 0 Å².